The molecule has 22 heavy (non-hydrogen) atoms. The molecule has 5 nitrogen and oxygen atoms in total. The van der Waals surface area contributed by atoms with Crippen molar-refractivity contribution in [2.45, 2.75) is 33.9 Å². The van der Waals surface area contributed by atoms with Crippen molar-refractivity contribution in [3.8, 4) is 0 Å². The molecule has 0 aliphatic rings. The molecule has 2 heterocycles. The van der Waals surface area contributed by atoms with Crippen LogP contribution in [-0.4, -0.2) is 34.3 Å². The Kier molecular flexibility index (Phi) is 5.60. The average Bonchev–Trinajstić information content (AvgIpc) is 3.06. The van der Waals surface area contributed by atoms with Crippen LogP contribution in [-0.2, 0) is 13.1 Å². The maximum Gasteiger partial charge on any atom is 0.317 e. The van der Waals surface area contributed by atoms with Crippen LogP contribution < -0.4 is 5.32 Å². The number of hydrogen-bond acceptors (Lipinski definition) is 3. The number of carbonyl (C=O) groups is 1. The second kappa shape index (κ2) is 7.45. The summed E-state index contributed by atoms with van der Waals surface area (Å²) in [6, 6.07) is 4.08. The Bertz CT molecular complexity index is 606. The number of thiophene rings is 1. The summed E-state index contributed by atoms with van der Waals surface area (Å²) in [4.78, 5) is 13.8. The van der Waals surface area contributed by atoms with Crippen molar-refractivity contribution in [3.63, 3.8) is 0 Å². The standard InChI is InChI=1S/C16H24N4OS/c1-12(9-20-14(3)7-13(2)18-20)8-17-16(21)19(4)10-15-5-6-22-11-15/h5-7,11-12H,8-10H2,1-4H3,(H,17,21)/t12-/m1/s1. The smallest absolute Gasteiger partial charge is 0.317 e. The van der Waals surface area contributed by atoms with E-state index in [1.54, 1.807) is 16.2 Å². The number of aryl methyl sites for hydroxylation is 2. The van der Waals surface area contributed by atoms with Gasteiger partial charge in [-0.2, -0.15) is 16.4 Å². The second-order valence-corrected chi connectivity index (χ2v) is 6.67. The largest absolute Gasteiger partial charge is 0.338 e. The normalized spacial score (nSPS) is 12.2. The van der Waals surface area contributed by atoms with Crippen LogP contribution >= 0.6 is 11.3 Å². The minimum atomic E-state index is -0.0357. The van der Waals surface area contributed by atoms with Gasteiger partial charge in [-0.1, -0.05) is 6.92 Å². The first kappa shape index (κ1) is 16.5. The molecule has 0 bridgehead atoms. The predicted octanol–water partition coefficient (Wildman–Crippen LogP) is 3.04. The third-order valence-corrected chi connectivity index (χ3v) is 4.27. The number of amides is 2. The van der Waals surface area contributed by atoms with Gasteiger partial charge in [-0.15, -0.1) is 0 Å². The van der Waals surface area contributed by atoms with Crippen LogP contribution in [0.1, 0.15) is 23.9 Å². The van der Waals surface area contributed by atoms with E-state index in [0.29, 0.717) is 19.0 Å². The first-order valence-electron chi connectivity index (χ1n) is 7.47. The molecule has 0 aromatic carbocycles. The number of carbonyl (C=O) groups excluding carboxylic acids is 1. The first-order valence-corrected chi connectivity index (χ1v) is 8.41. The minimum Gasteiger partial charge on any atom is -0.338 e. The van der Waals surface area contributed by atoms with Gasteiger partial charge in [0, 0.05) is 32.4 Å². The lowest BCUT2D eigenvalue weighted by molar-refractivity contribution is 0.204. The fourth-order valence-electron chi connectivity index (χ4n) is 2.34. The van der Waals surface area contributed by atoms with E-state index in [0.717, 1.165) is 17.9 Å². The molecule has 2 aromatic rings. The number of hydrogen-bond donors (Lipinski definition) is 1. The lowest BCUT2D eigenvalue weighted by Gasteiger charge is -2.19. The Balaban J connectivity index is 1.76. The van der Waals surface area contributed by atoms with Crippen LogP contribution in [0.15, 0.2) is 22.9 Å². The van der Waals surface area contributed by atoms with Crippen molar-refractivity contribution in [1.82, 2.24) is 20.0 Å². The van der Waals surface area contributed by atoms with Gasteiger partial charge in [0.25, 0.3) is 0 Å². The van der Waals surface area contributed by atoms with Gasteiger partial charge in [0.15, 0.2) is 0 Å². The Morgan fingerprint density at radius 3 is 2.86 bits per heavy atom. The second-order valence-electron chi connectivity index (χ2n) is 5.89. The first-order chi connectivity index (χ1) is 10.5. The molecular formula is C16H24N4OS. The molecule has 120 valence electrons. The maximum absolute atomic E-state index is 12.1. The fourth-order valence-corrected chi connectivity index (χ4v) is 3.00. The Hall–Kier alpha value is -1.82. The molecule has 2 amide bonds. The molecule has 0 aliphatic heterocycles. The predicted molar refractivity (Wildman–Crippen MR) is 90.0 cm³/mol. The zero-order chi connectivity index (χ0) is 16.1. The van der Waals surface area contributed by atoms with Gasteiger partial charge in [-0.3, -0.25) is 4.68 Å². The summed E-state index contributed by atoms with van der Waals surface area (Å²) in [7, 11) is 1.82. The number of nitrogens with zero attached hydrogens (tertiary/aromatic N) is 3. The van der Waals surface area contributed by atoms with Crippen LogP contribution in [0.4, 0.5) is 4.79 Å². The summed E-state index contributed by atoms with van der Waals surface area (Å²) >= 11 is 1.65. The van der Waals surface area contributed by atoms with E-state index in [9.17, 15) is 4.79 Å². The molecule has 2 aromatic heterocycles. The molecule has 0 aliphatic carbocycles. The van der Waals surface area contributed by atoms with E-state index in [2.05, 4.69) is 35.7 Å². The highest BCUT2D eigenvalue weighted by molar-refractivity contribution is 7.07. The number of rotatable bonds is 6. The highest BCUT2D eigenvalue weighted by Crippen LogP contribution is 2.09. The van der Waals surface area contributed by atoms with Gasteiger partial charge in [0.05, 0.1) is 5.69 Å². The third-order valence-electron chi connectivity index (χ3n) is 3.54. The Morgan fingerprint density at radius 2 is 2.27 bits per heavy atom. The molecule has 0 saturated heterocycles. The van der Waals surface area contributed by atoms with E-state index < -0.39 is 0 Å². The summed E-state index contributed by atoms with van der Waals surface area (Å²) in [5, 5.41) is 11.5. The van der Waals surface area contributed by atoms with Crippen molar-refractivity contribution in [1.29, 1.82) is 0 Å². The van der Waals surface area contributed by atoms with Gasteiger partial charge in [-0.25, -0.2) is 4.79 Å². The molecule has 0 radical (unpaired) electrons. The van der Waals surface area contributed by atoms with Crippen LogP contribution in [0.5, 0.6) is 0 Å². The van der Waals surface area contributed by atoms with Gasteiger partial charge < -0.3 is 10.2 Å². The molecular weight excluding hydrogens is 296 g/mol. The Morgan fingerprint density at radius 1 is 1.50 bits per heavy atom. The highest BCUT2D eigenvalue weighted by Gasteiger charge is 2.12. The summed E-state index contributed by atoms with van der Waals surface area (Å²) in [5.74, 6) is 0.330. The van der Waals surface area contributed by atoms with E-state index in [-0.39, 0.29) is 6.03 Å². The highest BCUT2D eigenvalue weighted by atomic mass is 32.1. The Labute approximate surface area is 135 Å². The summed E-state index contributed by atoms with van der Waals surface area (Å²) < 4.78 is 2.00. The average molecular weight is 320 g/mol. The van der Waals surface area contributed by atoms with E-state index in [4.69, 9.17) is 0 Å². The third kappa shape index (κ3) is 4.59. The summed E-state index contributed by atoms with van der Waals surface area (Å²) in [6.07, 6.45) is 0. The van der Waals surface area contributed by atoms with E-state index >= 15 is 0 Å². The topological polar surface area (TPSA) is 50.2 Å². The number of nitrogens with one attached hydrogen (secondary N) is 1. The van der Waals surface area contributed by atoms with Gasteiger partial charge in [0.1, 0.15) is 0 Å². The lowest BCUT2D eigenvalue weighted by atomic mass is 10.2. The summed E-state index contributed by atoms with van der Waals surface area (Å²) in [6.45, 7) is 8.27. The van der Waals surface area contributed by atoms with E-state index in [1.807, 2.05) is 30.1 Å². The molecule has 6 heteroatoms. The van der Waals surface area contributed by atoms with Crippen molar-refractivity contribution >= 4 is 17.4 Å². The SMILES string of the molecule is Cc1cc(C)n(C[C@H](C)CNC(=O)N(C)Cc2ccsc2)n1. The van der Waals surface area contributed by atoms with Crippen molar-refractivity contribution in [2.24, 2.45) is 5.92 Å². The van der Waals surface area contributed by atoms with Crippen LogP contribution in [0.2, 0.25) is 0 Å². The number of aromatic nitrogens is 2. The molecule has 1 N–H and O–H groups in total. The van der Waals surface area contributed by atoms with Crippen molar-refractivity contribution in [3.05, 3.63) is 39.8 Å². The monoisotopic (exact) mass is 320 g/mol. The minimum absolute atomic E-state index is 0.0357. The molecule has 0 unspecified atom stereocenters. The van der Waals surface area contributed by atoms with Crippen molar-refractivity contribution < 1.29 is 4.79 Å². The van der Waals surface area contributed by atoms with Gasteiger partial charge in [-0.05, 0) is 48.2 Å². The van der Waals surface area contributed by atoms with Crippen molar-refractivity contribution in [2.75, 3.05) is 13.6 Å². The molecule has 2 rings (SSSR count). The lowest BCUT2D eigenvalue weighted by Crippen LogP contribution is -2.39. The number of urea groups is 1. The molecule has 1 atom stereocenters. The molecule has 0 spiro atoms. The molecule has 0 fully saturated rings. The van der Waals surface area contributed by atoms with Gasteiger partial charge >= 0.3 is 6.03 Å². The maximum atomic E-state index is 12.1. The van der Waals surface area contributed by atoms with E-state index in [1.165, 1.54) is 5.56 Å². The molecule has 0 saturated carbocycles. The summed E-state index contributed by atoms with van der Waals surface area (Å²) in [5.41, 5.74) is 3.35. The van der Waals surface area contributed by atoms with Crippen LogP contribution in [0, 0.1) is 19.8 Å². The zero-order valence-corrected chi connectivity index (χ0v) is 14.5. The van der Waals surface area contributed by atoms with Gasteiger partial charge in [0.2, 0.25) is 0 Å². The van der Waals surface area contributed by atoms with Crippen LogP contribution in [0.3, 0.4) is 0 Å². The van der Waals surface area contributed by atoms with Crippen LogP contribution in [0.25, 0.3) is 0 Å². The zero-order valence-electron chi connectivity index (χ0n) is 13.7. The fraction of sp³-hybridized carbons (Fsp3) is 0.500. The quantitative estimate of drug-likeness (QED) is 0.889.